The average molecular weight is 335 g/mol. The molecule has 0 aliphatic carbocycles. The monoisotopic (exact) mass is 335 g/mol. The second-order valence-electron chi connectivity index (χ2n) is 6.45. The van der Waals surface area contributed by atoms with Gasteiger partial charge in [-0.3, -0.25) is 14.1 Å². The Bertz CT molecular complexity index is 881. The molecule has 1 aliphatic rings. The van der Waals surface area contributed by atoms with Crippen LogP contribution in [0.2, 0.25) is 0 Å². The summed E-state index contributed by atoms with van der Waals surface area (Å²) in [6.45, 7) is 6.13. The van der Waals surface area contributed by atoms with Gasteiger partial charge in [-0.05, 0) is 24.6 Å². The number of hydrogen-bond donors (Lipinski definition) is 0. The summed E-state index contributed by atoms with van der Waals surface area (Å²) in [4.78, 5) is 17.1. The van der Waals surface area contributed by atoms with Gasteiger partial charge in [-0.2, -0.15) is 0 Å². The number of rotatable bonds is 3. The van der Waals surface area contributed by atoms with Crippen molar-refractivity contribution in [2.75, 3.05) is 26.2 Å². The molecule has 6 nitrogen and oxygen atoms in total. The van der Waals surface area contributed by atoms with Crippen LogP contribution in [0.4, 0.5) is 0 Å². The SMILES string of the molecule is Cc1nnc2ccc(C(=O)N3CCN(Cc4ccccc4)CC3)cn12. The first-order valence-corrected chi connectivity index (χ1v) is 8.58. The largest absolute Gasteiger partial charge is 0.336 e. The van der Waals surface area contributed by atoms with Gasteiger partial charge in [0.15, 0.2) is 5.65 Å². The molecule has 4 rings (SSSR count). The van der Waals surface area contributed by atoms with E-state index in [1.165, 1.54) is 5.56 Å². The highest BCUT2D eigenvalue weighted by molar-refractivity contribution is 5.94. The molecule has 1 fully saturated rings. The van der Waals surface area contributed by atoms with Gasteiger partial charge in [-0.25, -0.2) is 0 Å². The van der Waals surface area contributed by atoms with Crippen molar-refractivity contribution in [1.29, 1.82) is 0 Å². The number of carbonyl (C=O) groups is 1. The zero-order valence-corrected chi connectivity index (χ0v) is 14.3. The third-order valence-corrected chi connectivity index (χ3v) is 4.73. The normalized spacial score (nSPS) is 15.6. The first-order chi connectivity index (χ1) is 12.2. The summed E-state index contributed by atoms with van der Waals surface area (Å²) in [5, 5.41) is 8.10. The maximum atomic E-state index is 12.8. The molecule has 0 saturated carbocycles. The first-order valence-electron chi connectivity index (χ1n) is 8.58. The smallest absolute Gasteiger partial charge is 0.255 e. The molecule has 2 aromatic heterocycles. The maximum Gasteiger partial charge on any atom is 0.255 e. The fourth-order valence-electron chi connectivity index (χ4n) is 3.27. The molecule has 1 aromatic carbocycles. The minimum atomic E-state index is 0.0781. The Kier molecular flexibility index (Phi) is 4.19. The van der Waals surface area contributed by atoms with Gasteiger partial charge in [0.05, 0.1) is 5.56 Å². The minimum Gasteiger partial charge on any atom is -0.336 e. The molecule has 6 heteroatoms. The quantitative estimate of drug-likeness (QED) is 0.735. The topological polar surface area (TPSA) is 53.7 Å². The number of carbonyl (C=O) groups excluding carboxylic acids is 1. The van der Waals surface area contributed by atoms with Gasteiger partial charge >= 0.3 is 0 Å². The lowest BCUT2D eigenvalue weighted by molar-refractivity contribution is 0.0628. The van der Waals surface area contributed by atoms with E-state index in [0.29, 0.717) is 5.56 Å². The number of aryl methyl sites for hydroxylation is 1. The van der Waals surface area contributed by atoms with E-state index in [-0.39, 0.29) is 5.91 Å². The summed E-state index contributed by atoms with van der Waals surface area (Å²) >= 11 is 0. The van der Waals surface area contributed by atoms with Crippen molar-refractivity contribution in [1.82, 2.24) is 24.4 Å². The number of benzene rings is 1. The maximum absolute atomic E-state index is 12.8. The van der Waals surface area contributed by atoms with Gasteiger partial charge in [0.1, 0.15) is 5.82 Å². The van der Waals surface area contributed by atoms with Crippen LogP contribution in [0.25, 0.3) is 5.65 Å². The zero-order chi connectivity index (χ0) is 17.2. The molecule has 25 heavy (non-hydrogen) atoms. The molecule has 0 spiro atoms. The lowest BCUT2D eigenvalue weighted by atomic mass is 10.2. The Balaban J connectivity index is 1.41. The Morgan fingerprint density at radius 1 is 1.00 bits per heavy atom. The molecule has 128 valence electrons. The van der Waals surface area contributed by atoms with Crippen molar-refractivity contribution >= 4 is 11.6 Å². The predicted octanol–water partition coefficient (Wildman–Crippen LogP) is 2.00. The highest BCUT2D eigenvalue weighted by atomic mass is 16.2. The van der Waals surface area contributed by atoms with E-state index in [1.54, 1.807) is 0 Å². The Morgan fingerprint density at radius 3 is 2.52 bits per heavy atom. The van der Waals surface area contributed by atoms with E-state index in [2.05, 4.69) is 39.4 Å². The predicted molar refractivity (Wildman–Crippen MR) is 95.3 cm³/mol. The van der Waals surface area contributed by atoms with Crippen molar-refractivity contribution in [3.8, 4) is 0 Å². The fourth-order valence-corrected chi connectivity index (χ4v) is 3.27. The van der Waals surface area contributed by atoms with E-state index in [4.69, 9.17) is 0 Å². The van der Waals surface area contributed by atoms with Crippen molar-refractivity contribution in [3.63, 3.8) is 0 Å². The Hall–Kier alpha value is -2.73. The molecule has 0 unspecified atom stereocenters. The second-order valence-corrected chi connectivity index (χ2v) is 6.45. The molecule has 0 N–H and O–H groups in total. The van der Waals surface area contributed by atoms with Crippen LogP contribution in [0.1, 0.15) is 21.7 Å². The van der Waals surface area contributed by atoms with Crippen molar-refractivity contribution in [3.05, 3.63) is 65.6 Å². The third kappa shape index (κ3) is 3.25. The van der Waals surface area contributed by atoms with E-state index in [1.807, 2.05) is 40.6 Å². The molecule has 1 aliphatic heterocycles. The highest BCUT2D eigenvalue weighted by Crippen LogP contribution is 2.13. The lowest BCUT2D eigenvalue weighted by Crippen LogP contribution is -2.48. The number of piperazine rings is 1. The Morgan fingerprint density at radius 2 is 1.76 bits per heavy atom. The van der Waals surface area contributed by atoms with E-state index >= 15 is 0 Å². The molecule has 3 aromatic rings. The van der Waals surface area contributed by atoms with Crippen molar-refractivity contribution < 1.29 is 4.79 Å². The van der Waals surface area contributed by atoms with Crippen LogP contribution < -0.4 is 0 Å². The summed E-state index contributed by atoms with van der Waals surface area (Å²) in [5.74, 6) is 0.867. The highest BCUT2D eigenvalue weighted by Gasteiger charge is 2.22. The molecule has 0 atom stereocenters. The fraction of sp³-hybridized carbons (Fsp3) is 0.316. The minimum absolute atomic E-state index is 0.0781. The molecular weight excluding hydrogens is 314 g/mol. The van der Waals surface area contributed by atoms with Gasteiger partial charge in [-0.1, -0.05) is 30.3 Å². The van der Waals surface area contributed by atoms with Crippen molar-refractivity contribution in [2.24, 2.45) is 0 Å². The van der Waals surface area contributed by atoms with Crippen LogP contribution in [-0.2, 0) is 6.54 Å². The summed E-state index contributed by atoms with van der Waals surface area (Å²) < 4.78 is 1.86. The van der Waals surface area contributed by atoms with E-state index in [9.17, 15) is 4.79 Å². The van der Waals surface area contributed by atoms with Crippen molar-refractivity contribution in [2.45, 2.75) is 13.5 Å². The van der Waals surface area contributed by atoms with Gasteiger partial charge in [-0.15, -0.1) is 10.2 Å². The Labute approximate surface area is 146 Å². The third-order valence-electron chi connectivity index (χ3n) is 4.73. The van der Waals surface area contributed by atoms with Crippen LogP contribution in [0, 0.1) is 6.92 Å². The number of hydrogen-bond acceptors (Lipinski definition) is 4. The average Bonchev–Trinajstić information content (AvgIpc) is 3.03. The van der Waals surface area contributed by atoms with Gasteiger partial charge in [0, 0.05) is 38.9 Å². The molecule has 0 radical (unpaired) electrons. The standard InChI is InChI=1S/C19H21N5O/c1-15-20-21-18-8-7-17(14-24(15)18)19(25)23-11-9-22(10-12-23)13-16-5-3-2-4-6-16/h2-8,14H,9-13H2,1H3. The summed E-state index contributed by atoms with van der Waals surface area (Å²) in [6, 6.07) is 14.1. The van der Waals surface area contributed by atoms with Crippen LogP contribution in [0.5, 0.6) is 0 Å². The number of amides is 1. The number of aromatic nitrogens is 3. The van der Waals surface area contributed by atoms with Gasteiger partial charge in [0.2, 0.25) is 0 Å². The van der Waals surface area contributed by atoms with Gasteiger partial charge in [0.25, 0.3) is 5.91 Å². The summed E-state index contributed by atoms with van der Waals surface area (Å²) in [5.41, 5.74) is 2.77. The lowest BCUT2D eigenvalue weighted by Gasteiger charge is -2.34. The van der Waals surface area contributed by atoms with Crippen LogP contribution in [0.15, 0.2) is 48.7 Å². The van der Waals surface area contributed by atoms with Crippen LogP contribution >= 0.6 is 0 Å². The number of nitrogens with zero attached hydrogens (tertiary/aromatic N) is 5. The molecule has 0 bridgehead atoms. The molecule has 1 saturated heterocycles. The second kappa shape index (κ2) is 6.64. The number of fused-ring (bicyclic) bond motifs is 1. The van der Waals surface area contributed by atoms with E-state index in [0.717, 1.165) is 44.2 Å². The van der Waals surface area contributed by atoms with E-state index < -0.39 is 0 Å². The molecular formula is C19H21N5O. The summed E-state index contributed by atoms with van der Waals surface area (Å²) in [7, 11) is 0. The summed E-state index contributed by atoms with van der Waals surface area (Å²) in [6.07, 6.45) is 1.84. The van der Waals surface area contributed by atoms with Crippen LogP contribution in [0.3, 0.4) is 0 Å². The zero-order valence-electron chi connectivity index (χ0n) is 14.3. The molecule has 3 heterocycles. The molecule has 1 amide bonds. The van der Waals surface area contributed by atoms with Gasteiger partial charge < -0.3 is 4.90 Å². The number of pyridine rings is 1. The first kappa shape index (κ1) is 15.8. The van der Waals surface area contributed by atoms with Crippen LogP contribution in [-0.4, -0.2) is 56.5 Å².